The van der Waals surface area contributed by atoms with Gasteiger partial charge in [0.05, 0.1) is 10.2 Å². The van der Waals surface area contributed by atoms with Gasteiger partial charge in [-0.3, -0.25) is 4.98 Å². The average Bonchev–Trinajstić information content (AvgIpc) is 2.97. The molecule has 0 fully saturated rings. The average molecular weight is 336 g/mol. The van der Waals surface area contributed by atoms with E-state index in [0.29, 0.717) is 0 Å². The van der Waals surface area contributed by atoms with Gasteiger partial charge >= 0.3 is 0 Å². The molecule has 6 heteroatoms. The van der Waals surface area contributed by atoms with Crippen molar-refractivity contribution in [2.75, 3.05) is 0 Å². The third-order valence-corrected chi connectivity index (χ3v) is 5.25. The second-order valence-electron chi connectivity index (χ2n) is 4.96. The normalized spacial score (nSPS) is 11.0. The number of rotatable bonds is 3. The van der Waals surface area contributed by atoms with Crippen LogP contribution in [0.3, 0.4) is 0 Å². The summed E-state index contributed by atoms with van der Waals surface area (Å²) in [5.41, 5.74) is 2.94. The quantitative estimate of drug-likeness (QED) is 0.511. The van der Waals surface area contributed by atoms with Crippen molar-refractivity contribution in [3.8, 4) is 11.4 Å². The summed E-state index contributed by atoms with van der Waals surface area (Å²) in [6, 6.07) is 14.0. The molecule has 0 spiro atoms. The first-order chi connectivity index (χ1) is 11.3. The van der Waals surface area contributed by atoms with Gasteiger partial charge in [-0.25, -0.2) is 15.0 Å². The Morgan fingerprint density at radius 2 is 1.78 bits per heavy atom. The van der Waals surface area contributed by atoms with E-state index in [1.165, 1.54) is 4.70 Å². The summed E-state index contributed by atoms with van der Waals surface area (Å²) in [7, 11) is 0. The molecular formula is C17H12N4S2. The van der Waals surface area contributed by atoms with E-state index in [1.807, 2.05) is 43.3 Å². The first kappa shape index (κ1) is 14.3. The van der Waals surface area contributed by atoms with Gasteiger partial charge in [-0.2, -0.15) is 0 Å². The molecule has 0 bridgehead atoms. The standard InChI is InChI=1S/C17H12N4S2/c1-11-10-15(21-16(19-11)12-6-8-18-9-7-12)23-17-20-13-4-2-3-5-14(13)22-17/h2-10H,1H3. The fraction of sp³-hybridized carbons (Fsp3) is 0.0588. The summed E-state index contributed by atoms with van der Waals surface area (Å²) in [4.78, 5) is 17.9. The number of fused-ring (bicyclic) bond motifs is 1. The van der Waals surface area contributed by atoms with E-state index in [2.05, 4.69) is 26.0 Å². The summed E-state index contributed by atoms with van der Waals surface area (Å²) in [6.07, 6.45) is 3.50. The zero-order valence-corrected chi connectivity index (χ0v) is 13.9. The summed E-state index contributed by atoms with van der Waals surface area (Å²) >= 11 is 3.26. The van der Waals surface area contributed by atoms with E-state index in [-0.39, 0.29) is 0 Å². The van der Waals surface area contributed by atoms with Gasteiger partial charge in [-0.05, 0) is 49.0 Å². The third-order valence-electron chi connectivity index (χ3n) is 3.24. The zero-order chi connectivity index (χ0) is 15.6. The molecule has 0 N–H and O–H groups in total. The molecule has 0 amide bonds. The molecule has 0 radical (unpaired) electrons. The van der Waals surface area contributed by atoms with Crippen LogP contribution in [0.4, 0.5) is 0 Å². The first-order valence-electron chi connectivity index (χ1n) is 7.07. The molecule has 0 aliphatic rings. The highest BCUT2D eigenvalue weighted by atomic mass is 32.2. The first-order valence-corrected chi connectivity index (χ1v) is 8.71. The SMILES string of the molecule is Cc1cc(Sc2nc3ccccc3s2)nc(-c2ccncc2)n1. The Kier molecular flexibility index (Phi) is 3.77. The topological polar surface area (TPSA) is 51.6 Å². The molecule has 1 aromatic carbocycles. The Morgan fingerprint density at radius 1 is 0.957 bits per heavy atom. The van der Waals surface area contributed by atoms with Gasteiger partial charge < -0.3 is 0 Å². The number of nitrogens with zero attached hydrogens (tertiary/aromatic N) is 4. The lowest BCUT2D eigenvalue weighted by Gasteiger charge is -2.04. The number of hydrogen-bond acceptors (Lipinski definition) is 6. The molecule has 112 valence electrons. The predicted molar refractivity (Wildman–Crippen MR) is 93.7 cm³/mol. The van der Waals surface area contributed by atoms with Crippen LogP contribution in [-0.2, 0) is 0 Å². The molecule has 0 saturated heterocycles. The lowest BCUT2D eigenvalue weighted by molar-refractivity contribution is 1.01. The molecule has 0 saturated carbocycles. The molecule has 4 nitrogen and oxygen atoms in total. The Hall–Kier alpha value is -2.31. The highest BCUT2D eigenvalue weighted by molar-refractivity contribution is 8.01. The number of benzene rings is 1. The molecule has 4 rings (SSSR count). The zero-order valence-electron chi connectivity index (χ0n) is 12.3. The highest BCUT2D eigenvalue weighted by Gasteiger charge is 2.09. The number of aryl methyl sites for hydroxylation is 1. The molecule has 4 aromatic rings. The molecule has 0 aliphatic heterocycles. The maximum absolute atomic E-state index is 4.66. The molecule has 3 heterocycles. The highest BCUT2D eigenvalue weighted by Crippen LogP contribution is 2.34. The van der Waals surface area contributed by atoms with E-state index >= 15 is 0 Å². The fourth-order valence-corrected chi connectivity index (χ4v) is 4.28. The van der Waals surface area contributed by atoms with Crippen LogP contribution < -0.4 is 0 Å². The van der Waals surface area contributed by atoms with Crippen molar-refractivity contribution < 1.29 is 0 Å². The maximum atomic E-state index is 4.66. The van der Waals surface area contributed by atoms with Crippen LogP contribution >= 0.6 is 23.1 Å². The summed E-state index contributed by atoms with van der Waals surface area (Å²) in [6.45, 7) is 1.98. The van der Waals surface area contributed by atoms with Crippen molar-refractivity contribution >= 4 is 33.3 Å². The van der Waals surface area contributed by atoms with Gasteiger partial charge in [0.25, 0.3) is 0 Å². The maximum Gasteiger partial charge on any atom is 0.160 e. The van der Waals surface area contributed by atoms with Crippen LogP contribution in [0.15, 0.2) is 64.2 Å². The van der Waals surface area contributed by atoms with Crippen molar-refractivity contribution in [3.63, 3.8) is 0 Å². The van der Waals surface area contributed by atoms with Crippen LogP contribution in [0.2, 0.25) is 0 Å². The Labute approximate surface area is 141 Å². The van der Waals surface area contributed by atoms with E-state index in [0.717, 1.165) is 32.0 Å². The lowest BCUT2D eigenvalue weighted by Crippen LogP contribution is -1.94. The molecule has 0 atom stereocenters. The lowest BCUT2D eigenvalue weighted by atomic mass is 10.2. The van der Waals surface area contributed by atoms with Crippen molar-refractivity contribution in [1.29, 1.82) is 0 Å². The van der Waals surface area contributed by atoms with Gasteiger partial charge in [-0.15, -0.1) is 11.3 Å². The number of thiazole rings is 1. The minimum atomic E-state index is 0.719. The Balaban J connectivity index is 1.70. The Bertz CT molecular complexity index is 934. The van der Waals surface area contributed by atoms with Crippen molar-refractivity contribution in [1.82, 2.24) is 19.9 Å². The number of hydrogen-bond donors (Lipinski definition) is 0. The fourth-order valence-electron chi connectivity index (χ4n) is 2.21. The van der Waals surface area contributed by atoms with Crippen LogP contribution in [0.1, 0.15) is 5.69 Å². The van der Waals surface area contributed by atoms with Crippen LogP contribution in [0, 0.1) is 6.92 Å². The Morgan fingerprint density at radius 3 is 2.61 bits per heavy atom. The van der Waals surface area contributed by atoms with Crippen molar-refractivity contribution in [2.45, 2.75) is 16.3 Å². The van der Waals surface area contributed by atoms with Crippen LogP contribution in [0.25, 0.3) is 21.6 Å². The minimum Gasteiger partial charge on any atom is -0.265 e. The van der Waals surface area contributed by atoms with Gasteiger partial charge in [0.2, 0.25) is 0 Å². The molecule has 0 unspecified atom stereocenters. The second-order valence-corrected chi connectivity index (χ2v) is 7.25. The van der Waals surface area contributed by atoms with Gasteiger partial charge in [0.15, 0.2) is 10.2 Å². The third kappa shape index (κ3) is 3.09. The largest absolute Gasteiger partial charge is 0.265 e. The summed E-state index contributed by atoms with van der Waals surface area (Å²) < 4.78 is 2.18. The van der Waals surface area contributed by atoms with Crippen LogP contribution in [0.5, 0.6) is 0 Å². The number of para-hydroxylation sites is 1. The second kappa shape index (κ2) is 6.06. The van der Waals surface area contributed by atoms with E-state index in [9.17, 15) is 0 Å². The summed E-state index contributed by atoms with van der Waals surface area (Å²) in [5.74, 6) is 0.719. The van der Waals surface area contributed by atoms with Gasteiger partial charge in [0.1, 0.15) is 5.03 Å². The number of pyridine rings is 1. The van der Waals surface area contributed by atoms with Crippen molar-refractivity contribution in [2.24, 2.45) is 0 Å². The number of aromatic nitrogens is 4. The molecular weight excluding hydrogens is 324 g/mol. The van der Waals surface area contributed by atoms with E-state index < -0.39 is 0 Å². The molecule has 0 aliphatic carbocycles. The smallest absolute Gasteiger partial charge is 0.160 e. The van der Waals surface area contributed by atoms with Crippen LogP contribution in [-0.4, -0.2) is 19.9 Å². The summed E-state index contributed by atoms with van der Waals surface area (Å²) in [5, 5.41) is 0.906. The van der Waals surface area contributed by atoms with Crippen molar-refractivity contribution in [3.05, 3.63) is 60.6 Å². The van der Waals surface area contributed by atoms with E-state index in [4.69, 9.17) is 0 Å². The van der Waals surface area contributed by atoms with E-state index in [1.54, 1.807) is 35.5 Å². The van der Waals surface area contributed by atoms with Gasteiger partial charge in [-0.1, -0.05) is 12.1 Å². The predicted octanol–water partition coefficient (Wildman–Crippen LogP) is 4.61. The minimum absolute atomic E-state index is 0.719. The van der Waals surface area contributed by atoms with Gasteiger partial charge in [0, 0.05) is 23.7 Å². The molecule has 23 heavy (non-hydrogen) atoms. The monoisotopic (exact) mass is 336 g/mol. The molecule has 3 aromatic heterocycles.